The van der Waals surface area contributed by atoms with Crippen molar-refractivity contribution in [1.82, 2.24) is 0 Å². The summed E-state index contributed by atoms with van der Waals surface area (Å²) in [6.07, 6.45) is -0.556. The maximum absolute atomic E-state index is 13.0. The van der Waals surface area contributed by atoms with Crippen molar-refractivity contribution < 1.29 is 13.9 Å². The Bertz CT molecular complexity index is 501. The number of benzene rings is 1. The molecule has 1 heterocycles. The Morgan fingerprint density at radius 2 is 2.35 bits per heavy atom. The molecule has 6 heteroatoms. The molecule has 0 N–H and O–H groups in total. The molecule has 1 aliphatic heterocycles. The number of ether oxygens (including phenoxy) is 1. The third-order valence-corrected chi connectivity index (χ3v) is 2.72. The van der Waals surface area contributed by atoms with Crippen molar-refractivity contribution in [3.05, 3.63) is 29.0 Å². The zero-order valence-corrected chi connectivity index (χ0v) is 9.45. The molecule has 1 amide bonds. The van der Waals surface area contributed by atoms with Crippen molar-refractivity contribution >= 4 is 23.4 Å². The molecule has 1 unspecified atom stereocenters. The summed E-state index contributed by atoms with van der Waals surface area (Å²) < 4.78 is 17.8. The average Bonchev–Trinajstić information content (AvgIpc) is 2.33. The van der Waals surface area contributed by atoms with Crippen LogP contribution in [0.3, 0.4) is 0 Å². The van der Waals surface area contributed by atoms with Crippen molar-refractivity contribution in [2.75, 3.05) is 18.1 Å². The smallest absolute Gasteiger partial charge is 0.414 e. The van der Waals surface area contributed by atoms with Crippen LogP contribution in [0.4, 0.5) is 14.9 Å². The van der Waals surface area contributed by atoms with Crippen LogP contribution in [0, 0.1) is 23.1 Å². The van der Waals surface area contributed by atoms with Crippen molar-refractivity contribution in [3.8, 4) is 6.07 Å². The molecule has 0 bridgehead atoms. The molecule has 0 spiro atoms. The molecule has 88 valence electrons. The Balaban J connectivity index is 2.28. The van der Waals surface area contributed by atoms with Crippen LogP contribution in [-0.2, 0) is 4.74 Å². The van der Waals surface area contributed by atoms with Crippen LogP contribution in [0.5, 0.6) is 0 Å². The fourth-order valence-electron chi connectivity index (χ4n) is 1.54. The Kier molecular flexibility index (Phi) is 3.16. The minimum Gasteiger partial charge on any atom is -0.448 e. The van der Waals surface area contributed by atoms with Crippen molar-refractivity contribution in [2.24, 2.45) is 5.92 Å². The van der Waals surface area contributed by atoms with E-state index in [0.29, 0.717) is 5.69 Å². The highest BCUT2D eigenvalue weighted by Crippen LogP contribution is 2.25. The number of hydrogen-bond acceptors (Lipinski definition) is 3. The van der Waals surface area contributed by atoms with E-state index in [1.807, 2.05) is 6.07 Å². The van der Waals surface area contributed by atoms with Gasteiger partial charge in [0.1, 0.15) is 12.4 Å². The molecule has 4 nitrogen and oxygen atoms in total. The van der Waals surface area contributed by atoms with E-state index in [4.69, 9.17) is 21.6 Å². The Hall–Kier alpha value is -1.80. The minimum atomic E-state index is -0.558. The highest BCUT2D eigenvalue weighted by atomic mass is 35.5. The van der Waals surface area contributed by atoms with Gasteiger partial charge in [-0.2, -0.15) is 5.26 Å². The van der Waals surface area contributed by atoms with Crippen LogP contribution in [0.25, 0.3) is 0 Å². The lowest BCUT2D eigenvalue weighted by Crippen LogP contribution is -2.42. The third-order valence-electron chi connectivity index (χ3n) is 2.43. The zero-order valence-electron chi connectivity index (χ0n) is 8.69. The fourth-order valence-corrected chi connectivity index (χ4v) is 1.71. The van der Waals surface area contributed by atoms with Gasteiger partial charge < -0.3 is 4.74 Å². The molecule has 1 aromatic carbocycles. The van der Waals surface area contributed by atoms with Gasteiger partial charge in [0.2, 0.25) is 0 Å². The van der Waals surface area contributed by atoms with E-state index in [1.54, 1.807) is 0 Å². The summed E-state index contributed by atoms with van der Waals surface area (Å²) >= 11 is 5.63. The lowest BCUT2D eigenvalue weighted by Gasteiger charge is -2.29. The average molecular weight is 255 g/mol. The molecule has 0 aliphatic carbocycles. The SMILES string of the molecule is N#CC1COC(=O)N(c2ccc(F)c(Cl)c2)C1. The second-order valence-corrected chi connectivity index (χ2v) is 4.02. The summed E-state index contributed by atoms with van der Waals surface area (Å²) in [6.45, 7) is 0.304. The summed E-state index contributed by atoms with van der Waals surface area (Å²) in [5.41, 5.74) is 0.418. The third kappa shape index (κ3) is 2.32. The number of cyclic esters (lactones) is 1. The van der Waals surface area contributed by atoms with E-state index in [9.17, 15) is 9.18 Å². The first kappa shape index (κ1) is 11.7. The zero-order chi connectivity index (χ0) is 12.4. The number of nitriles is 1. The summed E-state index contributed by atoms with van der Waals surface area (Å²) in [5, 5.41) is 8.71. The molecule has 1 aromatic rings. The predicted molar refractivity (Wildman–Crippen MR) is 59.2 cm³/mol. The van der Waals surface area contributed by atoms with Gasteiger partial charge in [0.15, 0.2) is 0 Å². The maximum Gasteiger partial charge on any atom is 0.414 e. The first-order valence-electron chi connectivity index (χ1n) is 4.91. The van der Waals surface area contributed by atoms with E-state index >= 15 is 0 Å². The summed E-state index contributed by atoms with van der Waals surface area (Å²) in [7, 11) is 0. The van der Waals surface area contributed by atoms with Crippen LogP contribution in [0.1, 0.15) is 0 Å². The van der Waals surface area contributed by atoms with E-state index in [1.165, 1.54) is 23.1 Å². The molecule has 0 radical (unpaired) electrons. The van der Waals surface area contributed by atoms with E-state index in [2.05, 4.69) is 0 Å². The number of carbonyl (C=O) groups excluding carboxylic acids is 1. The lowest BCUT2D eigenvalue weighted by molar-refractivity contribution is 0.127. The summed E-state index contributed by atoms with van der Waals surface area (Å²) in [5.74, 6) is -0.950. The topological polar surface area (TPSA) is 53.3 Å². The van der Waals surface area contributed by atoms with Crippen LogP contribution in [-0.4, -0.2) is 19.2 Å². The Morgan fingerprint density at radius 3 is 3.00 bits per heavy atom. The Labute approximate surface area is 102 Å². The van der Waals surface area contributed by atoms with Crippen LogP contribution < -0.4 is 4.90 Å². The van der Waals surface area contributed by atoms with Gasteiger partial charge in [-0.25, -0.2) is 9.18 Å². The first-order chi connectivity index (χ1) is 8.11. The minimum absolute atomic E-state index is 0.0746. The van der Waals surface area contributed by atoms with E-state index in [-0.39, 0.29) is 18.2 Å². The van der Waals surface area contributed by atoms with Gasteiger partial charge in [-0.3, -0.25) is 4.90 Å². The summed E-state index contributed by atoms with van der Waals surface area (Å²) in [4.78, 5) is 12.8. The molecule has 1 fully saturated rings. The molecule has 1 atom stereocenters. The van der Waals surface area contributed by atoms with Crippen LogP contribution >= 0.6 is 11.6 Å². The largest absolute Gasteiger partial charge is 0.448 e. The number of nitrogens with zero attached hydrogens (tertiary/aromatic N) is 2. The number of halogens is 2. The van der Waals surface area contributed by atoms with Crippen molar-refractivity contribution in [3.63, 3.8) is 0 Å². The molecule has 0 aromatic heterocycles. The fraction of sp³-hybridized carbons (Fsp3) is 0.273. The number of amides is 1. The predicted octanol–water partition coefficient (Wildman–Crippen LogP) is 2.58. The van der Waals surface area contributed by atoms with Crippen molar-refractivity contribution in [2.45, 2.75) is 0 Å². The molecule has 17 heavy (non-hydrogen) atoms. The van der Waals surface area contributed by atoms with E-state index < -0.39 is 17.8 Å². The maximum atomic E-state index is 13.0. The molecular formula is C11H8ClFN2O2. The Morgan fingerprint density at radius 1 is 1.59 bits per heavy atom. The lowest BCUT2D eigenvalue weighted by atomic mass is 10.1. The number of hydrogen-bond donors (Lipinski definition) is 0. The monoisotopic (exact) mass is 254 g/mol. The molecule has 1 saturated heterocycles. The molecule has 2 rings (SSSR count). The van der Waals surface area contributed by atoms with Gasteiger partial charge >= 0.3 is 6.09 Å². The summed E-state index contributed by atoms with van der Waals surface area (Å²) in [6, 6.07) is 5.94. The number of anilines is 1. The first-order valence-corrected chi connectivity index (χ1v) is 5.28. The van der Waals surface area contributed by atoms with Crippen molar-refractivity contribution in [1.29, 1.82) is 5.26 Å². The highest BCUT2D eigenvalue weighted by molar-refractivity contribution is 6.31. The molecular weight excluding hydrogens is 247 g/mol. The van der Waals surface area contributed by atoms with Crippen LogP contribution in [0.2, 0.25) is 5.02 Å². The van der Waals surface area contributed by atoms with Gasteiger partial charge in [0, 0.05) is 12.2 Å². The highest BCUT2D eigenvalue weighted by Gasteiger charge is 2.28. The normalized spacial score (nSPS) is 19.7. The molecule has 1 aliphatic rings. The van der Waals surface area contributed by atoms with Gasteiger partial charge in [0.25, 0.3) is 0 Å². The second-order valence-electron chi connectivity index (χ2n) is 3.61. The quantitative estimate of drug-likeness (QED) is 0.774. The van der Waals surface area contributed by atoms with Crippen LogP contribution in [0.15, 0.2) is 18.2 Å². The van der Waals surface area contributed by atoms with E-state index in [0.717, 1.165) is 0 Å². The van der Waals surface area contributed by atoms with Gasteiger partial charge in [-0.1, -0.05) is 11.6 Å². The number of carbonyl (C=O) groups is 1. The molecule has 0 saturated carbocycles. The van der Waals surface area contributed by atoms with Gasteiger partial charge in [0.05, 0.1) is 17.0 Å². The second kappa shape index (κ2) is 4.60. The number of rotatable bonds is 1. The van der Waals surface area contributed by atoms with Gasteiger partial charge in [-0.05, 0) is 18.2 Å². The van der Waals surface area contributed by atoms with Gasteiger partial charge in [-0.15, -0.1) is 0 Å². The standard InChI is InChI=1S/C11H8ClFN2O2/c12-9-3-8(1-2-10(9)13)15-5-7(4-14)6-17-11(15)16/h1-3,7H,5-6H2.